The second-order valence-corrected chi connectivity index (χ2v) is 21.3. The van der Waals surface area contributed by atoms with Crippen LogP contribution in [0.5, 0.6) is 0 Å². The van der Waals surface area contributed by atoms with Crippen molar-refractivity contribution in [1.29, 1.82) is 0 Å². The van der Waals surface area contributed by atoms with Crippen LogP contribution in [0, 0.1) is 0 Å². The van der Waals surface area contributed by atoms with Crippen molar-refractivity contribution in [3.8, 4) is 0 Å². The van der Waals surface area contributed by atoms with Crippen molar-refractivity contribution in [3.63, 3.8) is 0 Å². The third-order valence-corrected chi connectivity index (χ3v) is 13.8. The van der Waals surface area contributed by atoms with E-state index in [2.05, 4.69) is 118 Å². The highest BCUT2D eigenvalue weighted by molar-refractivity contribution is 5.71. The first-order valence-electron chi connectivity index (χ1n) is 32.2. The van der Waals surface area contributed by atoms with E-state index < -0.39 is 6.10 Å². The zero-order valence-electron chi connectivity index (χ0n) is 50.0. The van der Waals surface area contributed by atoms with Crippen LogP contribution in [0.15, 0.2) is 97.2 Å². The zero-order valence-corrected chi connectivity index (χ0v) is 50.0. The third-order valence-electron chi connectivity index (χ3n) is 13.8. The van der Waals surface area contributed by atoms with Crippen molar-refractivity contribution in [3.05, 3.63) is 97.2 Å². The van der Waals surface area contributed by atoms with Crippen molar-refractivity contribution in [1.82, 2.24) is 0 Å². The molecule has 0 bridgehead atoms. The molecule has 436 valence electrons. The first kappa shape index (κ1) is 72.3. The van der Waals surface area contributed by atoms with Gasteiger partial charge >= 0.3 is 17.9 Å². The Kier molecular flexibility index (Phi) is 60.8. The molecule has 6 heteroatoms. The minimum atomic E-state index is -0.786. The molecule has 0 aromatic rings. The molecule has 0 heterocycles. The van der Waals surface area contributed by atoms with E-state index in [1.807, 2.05) is 0 Å². The molecule has 0 fully saturated rings. The maximum absolute atomic E-state index is 12.9. The Bertz CT molecular complexity index is 1490. The van der Waals surface area contributed by atoms with Crippen LogP contribution in [0.2, 0.25) is 0 Å². The van der Waals surface area contributed by atoms with Crippen LogP contribution in [0.4, 0.5) is 0 Å². The van der Waals surface area contributed by atoms with Gasteiger partial charge in [-0.1, -0.05) is 285 Å². The van der Waals surface area contributed by atoms with Crippen LogP contribution >= 0.6 is 0 Å². The fraction of sp³-hybridized carbons (Fsp3) is 0.729. The Morgan fingerprint density at radius 3 is 0.816 bits per heavy atom. The van der Waals surface area contributed by atoms with Crippen LogP contribution in [0.1, 0.15) is 310 Å². The number of hydrogen-bond acceptors (Lipinski definition) is 6. The molecule has 0 aliphatic carbocycles. The van der Waals surface area contributed by atoms with Gasteiger partial charge in [-0.15, -0.1) is 0 Å². The molecule has 0 amide bonds. The van der Waals surface area contributed by atoms with Crippen molar-refractivity contribution in [2.75, 3.05) is 13.2 Å². The molecule has 0 aliphatic heterocycles. The van der Waals surface area contributed by atoms with Crippen LogP contribution in [0.25, 0.3) is 0 Å². The number of hydrogen-bond donors (Lipinski definition) is 0. The Morgan fingerprint density at radius 1 is 0.276 bits per heavy atom. The Labute approximate surface area is 470 Å². The summed E-state index contributed by atoms with van der Waals surface area (Å²) in [7, 11) is 0. The van der Waals surface area contributed by atoms with E-state index in [-0.39, 0.29) is 31.1 Å². The molecule has 76 heavy (non-hydrogen) atoms. The predicted octanol–water partition coefficient (Wildman–Crippen LogP) is 22.0. The van der Waals surface area contributed by atoms with E-state index in [1.54, 1.807) is 0 Å². The second-order valence-electron chi connectivity index (χ2n) is 21.3. The van der Waals surface area contributed by atoms with Crippen LogP contribution < -0.4 is 0 Å². The molecule has 0 N–H and O–H groups in total. The van der Waals surface area contributed by atoms with Gasteiger partial charge in [0, 0.05) is 19.3 Å². The summed E-state index contributed by atoms with van der Waals surface area (Å²) in [5, 5.41) is 0. The monoisotopic (exact) mass is 1060 g/mol. The topological polar surface area (TPSA) is 78.9 Å². The number of rotatable bonds is 58. The zero-order chi connectivity index (χ0) is 55.0. The predicted molar refractivity (Wildman–Crippen MR) is 330 cm³/mol. The number of carbonyl (C=O) groups excluding carboxylic acids is 3. The number of carbonyl (C=O) groups is 3. The van der Waals surface area contributed by atoms with E-state index in [0.717, 1.165) is 122 Å². The first-order valence-corrected chi connectivity index (χ1v) is 32.2. The van der Waals surface area contributed by atoms with Crippen molar-refractivity contribution < 1.29 is 28.6 Å². The maximum Gasteiger partial charge on any atom is 0.306 e. The first-order chi connectivity index (χ1) is 37.5. The minimum Gasteiger partial charge on any atom is -0.462 e. The number of esters is 3. The molecule has 0 saturated heterocycles. The normalized spacial score (nSPS) is 12.7. The summed E-state index contributed by atoms with van der Waals surface area (Å²) in [6.45, 7) is 6.53. The van der Waals surface area contributed by atoms with Gasteiger partial charge in [-0.25, -0.2) is 0 Å². The summed E-state index contributed by atoms with van der Waals surface area (Å²) in [5.41, 5.74) is 0. The summed E-state index contributed by atoms with van der Waals surface area (Å²) in [6, 6.07) is 0. The molecule has 0 aromatic carbocycles. The summed E-state index contributed by atoms with van der Waals surface area (Å²) in [4.78, 5) is 38.3. The highest BCUT2D eigenvalue weighted by Crippen LogP contribution is 2.16. The quantitative estimate of drug-likeness (QED) is 0.0261. The fourth-order valence-electron chi connectivity index (χ4n) is 9.01. The average molecular weight is 1060 g/mol. The lowest BCUT2D eigenvalue weighted by molar-refractivity contribution is -0.167. The van der Waals surface area contributed by atoms with Gasteiger partial charge in [0.15, 0.2) is 6.10 Å². The molecular formula is C70H120O6. The Balaban J connectivity index is 4.32. The Morgan fingerprint density at radius 2 is 0.513 bits per heavy atom. The molecule has 6 nitrogen and oxygen atoms in total. The highest BCUT2D eigenvalue weighted by atomic mass is 16.6. The summed E-state index contributed by atoms with van der Waals surface area (Å²) >= 11 is 0. The fourth-order valence-corrected chi connectivity index (χ4v) is 9.01. The molecule has 1 atom stereocenters. The minimum absolute atomic E-state index is 0.0813. The van der Waals surface area contributed by atoms with Gasteiger partial charge < -0.3 is 14.2 Å². The van der Waals surface area contributed by atoms with E-state index in [4.69, 9.17) is 14.2 Å². The van der Waals surface area contributed by atoms with Crippen molar-refractivity contribution in [2.24, 2.45) is 0 Å². The van der Waals surface area contributed by atoms with Crippen molar-refractivity contribution >= 4 is 17.9 Å². The lowest BCUT2D eigenvalue weighted by atomic mass is 10.0. The third kappa shape index (κ3) is 61.2. The number of ether oxygens (including phenoxy) is 3. The lowest BCUT2D eigenvalue weighted by Crippen LogP contribution is -2.30. The van der Waals surface area contributed by atoms with Crippen LogP contribution in [-0.2, 0) is 28.6 Å². The molecule has 0 aliphatic rings. The number of unbranched alkanes of at least 4 members (excludes halogenated alkanes) is 31. The molecule has 1 unspecified atom stereocenters. The largest absolute Gasteiger partial charge is 0.462 e. The van der Waals surface area contributed by atoms with Crippen LogP contribution in [-0.4, -0.2) is 37.2 Å². The summed E-state index contributed by atoms with van der Waals surface area (Å²) < 4.78 is 16.9. The Hall–Kier alpha value is -3.67. The van der Waals surface area contributed by atoms with Gasteiger partial charge in [-0.3, -0.25) is 14.4 Å². The van der Waals surface area contributed by atoms with E-state index in [1.165, 1.54) is 148 Å². The molecule has 0 radical (unpaired) electrons. The summed E-state index contributed by atoms with van der Waals surface area (Å²) in [5.74, 6) is -0.891. The lowest BCUT2D eigenvalue weighted by Gasteiger charge is -2.18. The summed E-state index contributed by atoms with van der Waals surface area (Å²) in [6.07, 6.45) is 85.5. The van der Waals surface area contributed by atoms with E-state index in [9.17, 15) is 14.4 Å². The van der Waals surface area contributed by atoms with Gasteiger partial charge in [-0.05, 0) is 103 Å². The van der Waals surface area contributed by atoms with Gasteiger partial charge in [0.05, 0.1) is 0 Å². The van der Waals surface area contributed by atoms with Crippen molar-refractivity contribution in [2.45, 2.75) is 316 Å². The molecule has 0 spiro atoms. The van der Waals surface area contributed by atoms with Gasteiger partial charge in [-0.2, -0.15) is 0 Å². The smallest absolute Gasteiger partial charge is 0.306 e. The number of allylic oxidation sites excluding steroid dienone is 16. The second kappa shape index (κ2) is 63.9. The van der Waals surface area contributed by atoms with Gasteiger partial charge in [0.2, 0.25) is 0 Å². The van der Waals surface area contributed by atoms with E-state index in [0.29, 0.717) is 19.3 Å². The van der Waals surface area contributed by atoms with Gasteiger partial charge in [0.25, 0.3) is 0 Å². The van der Waals surface area contributed by atoms with Crippen LogP contribution in [0.3, 0.4) is 0 Å². The van der Waals surface area contributed by atoms with E-state index >= 15 is 0 Å². The van der Waals surface area contributed by atoms with Gasteiger partial charge in [0.1, 0.15) is 13.2 Å². The molecule has 0 aromatic heterocycles. The molecule has 0 saturated carbocycles. The SMILES string of the molecule is CC/C=C\C/C=C\C/C=C\C/C=C\C/C=C\C/C=C\C/C=C\CCCCCCCCCC(=O)OCC(COC(=O)CCCCCCCCCCCCCCC)OC(=O)CCCCCCC/C=C\CCCCCCCCC. The standard InChI is InChI=1S/C70H120O6/c1-4-7-10-13-16-19-22-25-27-29-30-31-32-33-34-35-36-37-38-39-40-41-43-45-48-51-54-57-60-63-69(72)75-66-67(65-74-68(71)62-59-56-53-50-47-44-24-21-18-15-12-9-6-3)76-70(73)64-61-58-55-52-49-46-42-28-26-23-20-17-14-11-8-5-2/h7,10,16,19,25,27-28,30-31,33-34,36-37,39-40,42,67H,4-6,8-9,11-15,17-18,20-24,26,29,32,35,38,41,43-66H2,1-3H3/b10-7-,19-16-,27-25-,31-30-,34-33-,37-36-,40-39-,42-28-. The molecular weight excluding hydrogens is 937 g/mol. The maximum atomic E-state index is 12.9. The highest BCUT2D eigenvalue weighted by Gasteiger charge is 2.19. The average Bonchev–Trinajstić information content (AvgIpc) is 3.42. The molecule has 0 rings (SSSR count).